The summed E-state index contributed by atoms with van der Waals surface area (Å²) in [6, 6.07) is 7.44. The van der Waals surface area contributed by atoms with Crippen LogP contribution in [0.3, 0.4) is 0 Å². The predicted octanol–water partition coefficient (Wildman–Crippen LogP) is 1.92. The Morgan fingerprint density at radius 1 is 1.50 bits per heavy atom. The molecule has 6 heteroatoms. The largest absolute Gasteiger partial charge is 0.497 e. The Morgan fingerprint density at radius 2 is 2.35 bits per heavy atom. The zero-order valence-corrected chi connectivity index (χ0v) is 11.1. The summed E-state index contributed by atoms with van der Waals surface area (Å²) >= 11 is 0. The molecule has 0 spiro atoms. The Morgan fingerprint density at radius 3 is 3.10 bits per heavy atom. The number of methoxy groups -OCH3 is 1. The van der Waals surface area contributed by atoms with Crippen molar-refractivity contribution in [2.45, 2.75) is 25.3 Å². The van der Waals surface area contributed by atoms with Crippen LogP contribution in [0.4, 0.5) is 0 Å². The monoisotopic (exact) mass is 273 g/mol. The van der Waals surface area contributed by atoms with E-state index in [1.165, 1.54) is 0 Å². The van der Waals surface area contributed by atoms with E-state index < -0.39 is 11.9 Å². The number of carbonyl (C=O) groups is 1. The number of hydrogen-bond acceptors (Lipinski definition) is 4. The van der Waals surface area contributed by atoms with Crippen LogP contribution in [-0.2, 0) is 11.3 Å². The minimum absolute atomic E-state index is 0.543. The minimum atomic E-state index is -0.837. The van der Waals surface area contributed by atoms with Crippen molar-refractivity contribution in [2.75, 3.05) is 7.11 Å². The molecule has 6 nitrogen and oxygen atoms in total. The number of aryl methyl sites for hydroxylation is 1. The lowest BCUT2D eigenvalue weighted by atomic mass is 10.00. The van der Waals surface area contributed by atoms with Gasteiger partial charge in [-0.2, -0.15) is 5.10 Å². The second kappa shape index (κ2) is 4.96. The Labute approximate surface area is 116 Å². The van der Waals surface area contributed by atoms with Gasteiger partial charge in [0.05, 0.1) is 7.11 Å². The number of fused-ring (bicyclic) bond motifs is 1. The van der Waals surface area contributed by atoms with Crippen LogP contribution in [-0.4, -0.2) is 33.0 Å². The third-order valence-electron chi connectivity index (χ3n) is 3.50. The molecular weight excluding hydrogens is 258 g/mol. The second-order valence-electron chi connectivity index (χ2n) is 4.78. The zero-order valence-electron chi connectivity index (χ0n) is 11.1. The van der Waals surface area contributed by atoms with Crippen molar-refractivity contribution >= 4 is 5.97 Å². The Balaban J connectivity index is 2.02. The van der Waals surface area contributed by atoms with Gasteiger partial charge in [-0.15, -0.1) is 0 Å². The minimum Gasteiger partial charge on any atom is -0.497 e. The van der Waals surface area contributed by atoms with Crippen LogP contribution in [0.5, 0.6) is 5.75 Å². The normalized spacial score (nSPS) is 17.6. The van der Waals surface area contributed by atoms with Crippen molar-refractivity contribution in [1.29, 1.82) is 0 Å². The van der Waals surface area contributed by atoms with E-state index in [0.29, 0.717) is 18.1 Å². The van der Waals surface area contributed by atoms with Gasteiger partial charge in [-0.3, -0.25) is 4.79 Å². The Hall–Kier alpha value is -2.37. The molecule has 3 rings (SSSR count). The molecule has 1 aromatic carbocycles. The highest BCUT2D eigenvalue weighted by atomic mass is 16.5. The maximum absolute atomic E-state index is 11.3. The third kappa shape index (κ3) is 2.13. The van der Waals surface area contributed by atoms with Crippen LogP contribution in [0.2, 0.25) is 0 Å². The molecule has 0 saturated heterocycles. The van der Waals surface area contributed by atoms with Crippen molar-refractivity contribution in [1.82, 2.24) is 14.8 Å². The van der Waals surface area contributed by atoms with E-state index in [1.54, 1.807) is 11.8 Å². The lowest BCUT2D eigenvalue weighted by Crippen LogP contribution is -2.22. The van der Waals surface area contributed by atoms with Crippen LogP contribution in [0.15, 0.2) is 24.3 Å². The molecule has 0 saturated carbocycles. The summed E-state index contributed by atoms with van der Waals surface area (Å²) in [7, 11) is 1.60. The van der Waals surface area contributed by atoms with Gasteiger partial charge in [0.2, 0.25) is 0 Å². The Bertz CT molecular complexity index is 651. The first kappa shape index (κ1) is 12.7. The van der Waals surface area contributed by atoms with Crippen molar-refractivity contribution in [3.05, 3.63) is 30.1 Å². The average molecular weight is 273 g/mol. The van der Waals surface area contributed by atoms with Crippen LogP contribution in [0.25, 0.3) is 11.4 Å². The lowest BCUT2D eigenvalue weighted by molar-refractivity contribution is -0.139. The molecule has 2 aromatic rings. The van der Waals surface area contributed by atoms with Gasteiger partial charge >= 0.3 is 5.97 Å². The third-order valence-corrected chi connectivity index (χ3v) is 3.50. The molecule has 0 fully saturated rings. The molecule has 1 unspecified atom stereocenters. The number of aromatic nitrogens is 3. The van der Waals surface area contributed by atoms with Gasteiger partial charge in [-0.25, -0.2) is 9.67 Å². The highest BCUT2D eigenvalue weighted by Gasteiger charge is 2.30. The number of carboxylic acid groups (broad SMARTS) is 1. The molecule has 2 heterocycles. The number of carboxylic acids is 1. The maximum Gasteiger partial charge on any atom is 0.314 e. The van der Waals surface area contributed by atoms with Crippen molar-refractivity contribution < 1.29 is 14.6 Å². The van der Waals surface area contributed by atoms with Gasteiger partial charge < -0.3 is 9.84 Å². The van der Waals surface area contributed by atoms with Gasteiger partial charge in [0.1, 0.15) is 17.5 Å². The first-order valence-corrected chi connectivity index (χ1v) is 6.51. The van der Waals surface area contributed by atoms with Crippen LogP contribution in [0, 0.1) is 0 Å². The number of nitrogens with zero attached hydrogens (tertiary/aromatic N) is 3. The fourth-order valence-electron chi connectivity index (χ4n) is 2.47. The molecule has 0 amide bonds. The summed E-state index contributed by atoms with van der Waals surface area (Å²) in [6.07, 6.45) is 1.43. The molecule has 20 heavy (non-hydrogen) atoms. The molecule has 1 aliphatic heterocycles. The standard InChI is InChI=1S/C14H15N3O3/c1-20-10-5-2-4-9(8-10)12-15-13-11(14(18)19)6-3-7-17(13)16-12/h2,4-5,8,11H,3,6-7H2,1H3,(H,18,19). The summed E-state index contributed by atoms with van der Waals surface area (Å²) < 4.78 is 6.89. The number of benzene rings is 1. The van der Waals surface area contributed by atoms with E-state index in [-0.39, 0.29) is 0 Å². The summed E-state index contributed by atoms with van der Waals surface area (Å²) in [6.45, 7) is 0.718. The fourth-order valence-corrected chi connectivity index (χ4v) is 2.47. The van der Waals surface area contributed by atoms with Crippen molar-refractivity contribution in [2.24, 2.45) is 0 Å². The van der Waals surface area contributed by atoms with E-state index in [0.717, 1.165) is 24.3 Å². The second-order valence-corrected chi connectivity index (χ2v) is 4.78. The SMILES string of the molecule is COc1cccc(-c2nc3n(n2)CCCC3C(=O)O)c1. The molecule has 1 atom stereocenters. The number of ether oxygens (including phenoxy) is 1. The van der Waals surface area contributed by atoms with Gasteiger partial charge in [-0.1, -0.05) is 12.1 Å². The zero-order chi connectivity index (χ0) is 14.1. The molecular formula is C14H15N3O3. The van der Waals surface area contributed by atoms with E-state index in [2.05, 4.69) is 10.1 Å². The predicted molar refractivity (Wildman–Crippen MR) is 71.6 cm³/mol. The fraction of sp³-hybridized carbons (Fsp3) is 0.357. The van der Waals surface area contributed by atoms with E-state index >= 15 is 0 Å². The van der Waals surface area contributed by atoms with E-state index in [4.69, 9.17) is 4.74 Å². The number of aliphatic carboxylic acids is 1. The van der Waals surface area contributed by atoms with Crippen LogP contribution < -0.4 is 4.74 Å². The van der Waals surface area contributed by atoms with Gasteiger partial charge in [0.25, 0.3) is 0 Å². The lowest BCUT2D eigenvalue weighted by Gasteiger charge is -2.17. The van der Waals surface area contributed by atoms with E-state index in [1.807, 2.05) is 24.3 Å². The summed E-state index contributed by atoms with van der Waals surface area (Å²) in [5.41, 5.74) is 0.829. The molecule has 104 valence electrons. The van der Waals surface area contributed by atoms with Crippen LogP contribution >= 0.6 is 0 Å². The topological polar surface area (TPSA) is 77.2 Å². The smallest absolute Gasteiger partial charge is 0.314 e. The molecule has 0 bridgehead atoms. The van der Waals surface area contributed by atoms with Crippen LogP contribution in [0.1, 0.15) is 24.6 Å². The first-order chi connectivity index (χ1) is 9.69. The number of hydrogen-bond donors (Lipinski definition) is 1. The highest BCUT2D eigenvalue weighted by Crippen LogP contribution is 2.29. The molecule has 1 aliphatic rings. The quantitative estimate of drug-likeness (QED) is 0.924. The first-order valence-electron chi connectivity index (χ1n) is 6.51. The van der Waals surface area contributed by atoms with Crippen molar-refractivity contribution in [3.8, 4) is 17.1 Å². The molecule has 0 aliphatic carbocycles. The molecule has 1 aromatic heterocycles. The van der Waals surface area contributed by atoms with E-state index in [9.17, 15) is 9.90 Å². The van der Waals surface area contributed by atoms with Gasteiger partial charge in [-0.05, 0) is 25.0 Å². The van der Waals surface area contributed by atoms with Gasteiger partial charge in [0, 0.05) is 12.1 Å². The molecule has 0 radical (unpaired) electrons. The summed E-state index contributed by atoms with van der Waals surface area (Å²) in [4.78, 5) is 15.7. The maximum atomic E-state index is 11.3. The summed E-state index contributed by atoms with van der Waals surface area (Å²) in [5, 5.41) is 13.7. The average Bonchev–Trinajstić information content (AvgIpc) is 2.91. The highest BCUT2D eigenvalue weighted by molar-refractivity contribution is 5.75. The summed E-state index contributed by atoms with van der Waals surface area (Å²) in [5.74, 6) is 0.421. The molecule has 1 N–H and O–H groups in total. The Kier molecular flexibility index (Phi) is 3.14. The van der Waals surface area contributed by atoms with Crippen molar-refractivity contribution in [3.63, 3.8) is 0 Å². The number of rotatable bonds is 3. The van der Waals surface area contributed by atoms with Gasteiger partial charge in [0.15, 0.2) is 5.82 Å².